The molecule has 98 valence electrons. The summed E-state index contributed by atoms with van der Waals surface area (Å²) in [6, 6.07) is 7.74. The Labute approximate surface area is 110 Å². The fourth-order valence-electron chi connectivity index (χ4n) is 1.67. The maximum absolute atomic E-state index is 13.5. The van der Waals surface area contributed by atoms with Gasteiger partial charge in [-0.15, -0.1) is 0 Å². The molecule has 1 amide bonds. The Balaban J connectivity index is 2.23. The number of nitrogens with one attached hydrogen (secondary N) is 2. The van der Waals surface area contributed by atoms with Crippen molar-refractivity contribution in [2.75, 3.05) is 17.2 Å². The van der Waals surface area contributed by atoms with Crippen LogP contribution < -0.4 is 10.6 Å². The van der Waals surface area contributed by atoms with Gasteiger partial charge in [-0.25, -0.2) is 4.39 Å². The quantitative estimate of drug-likeness (QED) is 0.887. The van der Waals surface area contributed by atoms with Gasteiger partial charge in [0.05, 0.1) is 16.9 Å². The van der Waals surface area contributed by atoms with Crippen molar-refractivity contribution in [3.05, 3.63) is 54.1 Å². The smallest absolute Gasteiger partial charge is 0.259 e. The fourth-order valence-corrected chi connectivity index (χ4v) is 1.67. The molecule has 2 N–H and O–H groups in total. The molecule has 5 heteroatoms. The van der Waals surface area contributed by atoms with Gasteiger partial charge in [-0.3, -0.25) is 9.78 Å². The van der Waals surface area contributed by atoms with E-state index in [0.717, 1.165) is 0 Å². The molecule has 2 rings (SSSR count). The summed E-state index contributed by atoms with van der Waals surface area (Å²) in [6.45, 7) is 2.61. The number of amides is 1. The number of rotatable bonds is 4. The number of pyridine rings is 1. The van der Waals surface area contributed by atoms with E-state index in [1.807, 2.05) is 6.92 Å². The van der Waals surface area contributed by atoms with E-state index < -0.39 is 11.7 Å². The topological polar surface area (TPSA) is 54.0 Å². The van der Waals surface area contributed by atoms with Gasteiger partial charge in [0, 0.05) is 18.9 Å². The first-order valence-corrected chi connectivity index (χ1v) is 5.96. The third-order valence-corrected chi connectivity index (χ3v) is 2.55. The van der Waals surface area contributed by atoms with Crippen molar-refractivity contribution in [3.8, 4) is 0 Å². The predicted octanol–water partition coefficient (Wildman–Crippen LogP) is 2.90. The molecular weight excluding hydrogens is 245 g/mol. The molecule has 0 fully saturated rings. The van der Waals surface area contributed by atoms with Crippen molar-refractivity contribution in [1.29, 1.82) is 0 Å². The number of para-hydroxylation sites is 1. The highest BCUT2D eigenvalue weighted by atomic mass is 19.1. The molecule has 0 aliphatic heterocycles. The molecule has 2 aromatic rings. The van der Waals surface area contributed by atoms with E-state index in [4.69, 9.17) is 0 Å². The number of carbonyl (C=O) groups excluding carboxylic acids is 1. The summed E-state index contributed by atoms with van der Waals surface area (Å²) < 4.78 is 13.5. The zero-order valence-electron chi connectivity index (χ0n) is 10.5. The number of halogens is 1. The Morgan fingerprint density at radius 3 is 2.79 bits per heavy atom. The second kappa shape index (κ2) is 5.95. The molecule has 1 aromatic heterocycles. The van der Waals surface area contributed by atoms with Crippen LogP contribution in [0.1, 0.15) is 17.3 Å². The van der Waals surface area contributed by atoms with E-state index >= 15 is 0 Å². The average Bonchev–Trinajstić information content (AvgIpc) is 2.42. The summed E-state index contributed by atoms with van der Waals surface area (Å²) in [4.78, 5) is 16.0. The van der Waals surface area contributed by atoms with Crippen molar-refractivity contribution in [1.82, 2.24) is 4.98 Å². The van der Waals surface area contributed by atoms with Gasteiger partial charge in [-0.2, -0.15) is 0 Å². The molecule has 0 unspecified atom stereocenters. The molecule has 0 atom stereocenters. The first-order valence-electron chi connectivity index (χ1n) is 5.96. The van der Waals surface area contributed by atoms with E-state index in [2.05, 4.69) is 15.6 Å². The number of anilines is 2. The van der Waals surface area contributed by atoms with Crippen molar-refractivity contribution in [3.63, 3.8) is 0 Å². The van der Waals surface area contributed by atoms with Crippen LogP contribution in [0.5, 0.6) is 0 Å². The van der Waals surface area contributed by atoms with Gasteiger partial charge < -0.3 is 10.6 Å². The Hall–Kier alpha value is -2.43. The largest absolute Gasteiger partial charge is 0.385 e. The van der Waals surface area contributed by atoms with Crippen molar-refractivity contribution >= 4 is 17.3 Å². The SMILES string of the molecule is CCNc1ccncc1C(=O)Nc1ccccc1F. The third kappa shape index (κ3) is 3.07. The molecule has 0 spiro atoms. The van der Waals surface area contributed by atoms with Crippen LogP contribution in [0.4, 0.5) is 15.8 Å². The number of hydrogen-bond acceptors (Lipinski definition) is 3. The summed E-state index contributed by atoms with van der Waals surface area (Å²) in [6.07, 6.45) is 3.05. The van der Waals surface area contributed by atoms with Crippen molar-refractivity contribution in [2.45, 2.75) is 6.92 Å². The van der Waals surface area contributed by atoms with Crippen LogP contribution in [0.25, 0.3) is 0 Å². The standard InChI is InChI=1S/C14H14FN3O/c1-2-17-12-7-8-16-9-10(12)14(19)18-13-6-4-3-5-11(13)15/h3-9H,2H2,1H3,(H,16,17)(H,18,19). The number of benzene rings is 1. The van der Waals surface area contributed by atoms with Gasteiger partial charge in [0.2, 0.25) is 0 Å². The van der Waals surface area contributed by atoms with Gasteiger partial charge in [0.25, 0.3) is 5.91 Å². The predicted molar refractivity (Wildman–Crippen MR) is 72.8 cm³/mol. The molecule has 19 heavy (non-hydrogen) atoms. The molecular formula is C14H14FN3O. The summed E-state index contributed by atoms with van der Waals surface area (Å²) in [5.41, 5.74) is 1.21. The van der Waals surface area contributed by atoms with Crippen molar-refractivity contribution < 1.29 is 9.18 Å². The van der Waals surface area contributed by atoms with Gasteiger partial charge in [0.1, 0.15) is 5.82 Å². The molecule has 1 heterocycles. The lowest BCUT2D eigenvalue weighted by Gasteiger charge is -2.10. The van der Waals surface area contributed by atoms with Crippen LogP contribution >= 0.6 is 0 Å². The maximum atomic E-state index is 13.5. The molecule has 0 bridgehead atoms. The van der Waals surface area contributed by atoms with Crippen LogP contribution in [-0.4, -0.2) is 17.4 Å². The minimum Gasteiger partial charge on any atom is -0.385 e. The Kier molecular flexibility index (Phi) is 4.07. The zero-order chi connectivity index (χ0) is 13.7. The van der Waals surface area contributed by atoms with Crippen molar-refractivity contribution in [2.24, 2.45) is 0 Å². The minimum atomic E-state index is -0.468. The third-order valence-electron chi connectivity index (χ3n) is 2.55. The Bertz CT molecular complexity index is 586. The van der Waals surface area contributed by atoms with Crippen LogP contribution in [0, 0.1) is 5.82 Å². The minimum absolute atomic E-state index is 0.152. The molecule has 1 aromatic carbocycles. The molecule has 0 aliphatic carbocycles. The molecule has 0 radical (unpaired) electrons. The van der Waals surface area contributed by atoms with E-state index in [-0.39, 0.29) is 5.69 Å². The molecule has 0 aliphatic rings. The van der Waals surface area contributed by atoms with E-state index in [0.29, 0.717) is 17.8 Å². The van der Waals surface area contributed by atoms with Gasteiger partial charge in [0.15, 0.2) is 0 Å². The zero-order valence-corrected chi connectivity index (χ0v) is 10.5. The highest BCUT2D eigenvalue weighted by molar-refractivity contribution is 6.07. The summed E-state index contributed by atoms with van der Waals surface area (Å²) in [5.74, 6) is -0.862. The van der Waals surface area contributed by atoms with Gasteiger partial charge in [-0.1, -0.05) is 12.1 Å². The lowest BCUT2D eigenvalue weighted by atomic mass is 10.2. The summed E-state index contributed by atoms with van der Waals surface area (Å²) >= 11 is 0. The van der Waals surface area contributed by atoms with Crippen LogP contribution in [0.3, 0.4) is 0 Å². The molecule has 0 saturated carbocycles. The Morgan fingerprint density at radius 1 is 1.26 bits per heavy atom. The number of nitrogens with zero attached hydrogens (tertiary/aromatic N) is 1. The highest BCUT2D eigenvalue weighted by Crippen LogP contribution is 2.17. The lowest BCUT2D eigenvalue weighted by Crippen LogP contribution is -2.15. The summed E-state index contributed by atoms with van der Waals surface area (Å²) in [5, 5.41) is 5.59. The highest BCUT2D eigenvalue weighted by Gasteiger charge is 2.12. The Morgan fingerprint density at radius 2 is 2.05 bits per heavy atom. The van der Waals surface area contributed by atoms with Crippen LogP contribution in [-0.2, 0) is 0 Å². The monoisotopic (exact) mass is 259 g/mol. The second-order valence-electron chi connectivity index (χ2n) is 3.89. The maximum Gasteiger partial charge on any atom is 0.259 e. The molecule has 0 saturated heterocycles. The lowest BCUT2D eigenvalue weighted by molar-refractivity contribution is 0.102. The van der Waals surface area contributed by atoms with Gasteiger partial charge >= 0.3 is 0 Å². The van der Waals surface area contributed by atoms with E-state index in [1.54, 1.807) is 24.4 Å². The number of hydrogen-bond donors (Lipinski definition) is 2. The van der Waals surface area contributed by atoms with Crippen LogP contribution in [0.2, 0.25) is 0 Å². The average molecular weight is 259 g/mol. The second-order valence-corrected chi connectivity index (χ2v) is 3.89. The van der Waals surface area contributed by atoms with Crippen LogP contribution in [0.15, 0.2) is 42.7 Å². The first-order chi connectivity index (χ1) is 9.22. The van der Waals surface area contributed by atoms with E-state index in [9.17, 15) is 9.18 Å². The first kappa shape index (κ1) is 13.0. The number of carbonyl (C=O) groups is 1. The van der Waals surface area contributed by atoms with Gasteiger partial charge in [-0.05, 0) is 25.1 Å². The summed E-state index contributed by atoms with van der Waals surface area (Å²) in [7, 11) is 0. The van der Waals surface area contributed by atoms with E-state index in [1.165, 1.54) is 18.3 Å². The molecule has 4 nitrogen and oxygen atoms in total. The fraction of sp³-hybridized carbons (Fsp3) is 0.143. The normalized spacial score (nSPS) is 10.0. The number of aromatic nitrogens is 1.